The summed E-state index contributed by atoms with van der Waals surface area (Å²) in [7, 11) is 0. The molecule has 2 heteroatoms. The van der Waals surface area contributed by atoms with Crippen LogP contribution in [-0.4, -0.2) is 36.6 Å². The van der Waals surface area contributed by atoms with Crippen molar-refractivity contribution < 1.29 is 0 Å². The Labute approximate surface area is 81.7 Å². The van der Waals surface area contributed by atoms with E-state index in [4.69, 9.17) is 0 Å². The number of rotatable bonds is 1. The van der Waals surface area contributed by atoms with Crippen LogP contribution in [0.1, 0.15) is 33.1 Å². The molecule has 0 aromatic carbocycles. The van der Waals surface area contributed by atoms with Crippen LogP contribution in [0.2, 0.25) is 0 Å². The third-order valence-electron chi connectivity index (χ3n) is 3.77. The highest BCUT2D eigenvalue weighted by atomic mass is 15.2. The molecule has 0 bridgehead atoms. The van der Waals surface area contributed by atoms with E-state index < -0.39 is 0 Å². The minimum absolute atomic E-state index is 0.716. The number of piperidine rings is 1. The quantitative estimate of drug-likeness (QED) is 0.660. The van der Waals surface area contributed by atoms with E-state index in [0.717, 1.165) is 12.0 Å². The molecule has 76 valence electrons. The summed E-state index contributed by atoms with van der Waals surface area (Å²) in [4.78, 5) is 2.70. The second-order valence-electron chi connectivity index (χ2n) is 4.82. The van der Waals surface area contributed by atoms with Crippen molar-refractivity contribution in [2.75, 3.05) is 19.6 Å². The molecule has 0 spiro atoms. The minimum atomic E-state index is 0.716. The maximum Gasteiger partial charge on any atom is 0.0258 e. The molecule has 0 saturated carbocycles. The Balaban J connectivity index is 1.86. The Bertz CT molecular complexity index is 161. The predicted molar refractivity (Wildman–Crippen MR) is 55.8 cm³/mol. The molecule has 2 aliphatic heterocycles. The third kappa shape index (κ3) is 2.05. The van der Waals surface area contributed by atoms with E-state index in [0.29, 0.717) is 6.04 Å². The fourth-order valence-corrected chi connectivity index (χ4v) is 2.70. The van der Waals surface area contributed by atoms with Gasteiger partial charge in [-0.05, 0) is 51.7 Å². The van der Waals surface area contributed by atoms with Gasteiger partial charge in [-0.3, -0.25) is 4.90 Å². The Kier molecular flexibility index (Phi) is 2.89. The van der Waals surface area contributed by atoms with E-state index in [1.54, 1.807) is 0 Å². The summed E-state index contributed by atoms with van der Waals surface area (Å²) in [5, 5.41) is 3.54. The van der Waals surface area contributed by atoms with Crippen LogP contribution in [0.5, 0.6) is 0 Å². The van der Waals surface area contributed by atoms with Gasteiger partial charge in [-0.25, -0.2) is 0 Å². The Hall–Kier alpha value is -0.0800. The first-order valence-electron chi connectivity index (χ1n) is 5.75. The molecule has 2 rings (SSSR count). The second kappa shape index (κ2) is 3.97. The molecule has 0 aromatic rings. The van der Waals surface area contributed by atoms with Crippen LogP contribution in [-0.2, 0) is 0 Å². The van der Waals surface area contributed by atoms with Gasteiger partial charge in [-0.2, -0.15) is 0 Å². The van der Waals surface area contributed by atoms with Gasteiger partial charge < -0.3 is 5.32 Å². The maximum absolute atomic E-state index is 3.54. The van der Waals surface area contributed by atoms with Crippen molar-refractivity contribution in [3.05, 3.63) is 0 Å². The fourth-order valence-electron chi connectivity index (χ4n) is 2.70. The van der Waals surface area contributed by atoms with E-state index >= 15 is 0 Å². The van der Waals surface area contributed by atoms with Gasteiger partial charge in [0.2, 0.25) is 0 Å². The molecular weight excluding hydrogens is 160 g/mol. The Morgan fingerprint density at radius 1 is 1.08 bits per heavy atom. The first-order valence-corrected chi connectivity index (χ1v) is 5.75. The highest BCUT2D eigenvalue weighted by Crippen LogP contribution is 2.22. The molecule has 2 saturated heterocycles. The van der Waals surface area contributed by atoms with Crippen LogP contribution in [0.25, 0.3) is 0 Å². The van der Waals surface area contributed by atoms with Gasteiger partial charge in [0, 0.05) is 12.1 Å². The van der Waals surface area contributed by atoms with Crippen molar-refractivity contribution in [1.82, 2.24) is 10.2 Å². The van der Waals surface area contributed by atoms with E-state index in [-0.39, 0.29) is 0 Å². The largest absolute Gasteiger partial charge is 0.313 e. The molecule has 0 amide bonds. The minimum Gasteiger partial charge on any atom is -0.313 e. The molecule has 0 aliphatic carbocycles. The van der Waals surface area contributed by atoms with Crippen molar-refractivity contribution in [3.63, 3.8) is 0 Å². The summed E-state index contributed by atoms with van der Waals surface area (Å²) in [6, 6.07) is 1.54. The lowest BCUT2D eigenvalue weighted by Crippen LogP contribution is -2.45. The molecule has 2 heterocycles. The summed E-state index contributed by atoms with van der Waals surface area (Å²) in [5.41, 5.74) is 0. The summed E-state index contributed by atoms with van der Waals surface area (Å²) in [6.07, 6.45) is 4.17. The van der Waals surface area contributed by atoms with Crippen LogP contribution in [0.3, 0.4) is 0 Å². The van der Waals surface area contributed by atoms with Gasteiger partial charge in [0.25, 0.3) is 0 Å². The topological polar surface area (TPSA) is 15.3 Å². The SMILES string of the molecule is CC1CCN([C@H]2CCN[C@H]2C)CC1. The molecule has 0 aromatic heterocycles. The molecule has 2 aliphatic rings. The molecular formula is C11H22N2. The number of hydrogen-bond donors (Lipinski definition) is 1. The lowest BCUT2D eigenvalue weighted by molar-refractivity contribution is 0.131. The van der Waals surface area contributed by atoms with Crippen molar-refractivity contribution in [2.24, 2.45) is 5.92 Å². The highest BCUT2D eigenvalue weighted by molar-refractivity contribution is 4.89. The zero-order valence-corrected chi connectivity index (χ0v) is 8.92. The molecule has 13 heavy (non-hydrogen) atoms. The summed E-state index contributed by atoms with van der Waals surface area (Å²) < 4.78 is 0. The van der Waals surface area contributed by atoms with Gasteiger partial charge in [0.15, 0.2) is 0 Å². The summed E-state index contributed by atoms with van der Waals surface area (Å²) in [6.45, 7) is 8.59. The zero-order chi connectivity index (χ0) is 9.26. The van der Waals surface area contributed by atoms with Gasteiger partial charge >= 0.3 is 0 Å². The van der Waals surface area contributed by atoms with Crippen LogP contribution >= 0.6 is 0 Å². The van der Waals surface area contributed by atoms with Gasteiger partial charge in [0.1, 0.15) is 0 Å². The molecule has 0 radical (unpaired) electrons. The van der Waals surface area contributed by atoms with Gasteiger partial charge in [-0.15, -0.1) is 0 Å². The number of nitrogens with one attached hydrogen (secondary N) is 1. The van der Waals surface area contributed by atoms with Crippen LogP contribution in [0.4, 0.5) is 0 Å². The van der Waals surface area contributed by atoms with Crippen molar-refractivity contribution >= 4 is 0 Å². The number of hydrogen-bond acceptors (Lipinski definition) is 2. The second-order valence-corrected chi connectivity index (χ2v) is 4.82. The van der Waals surface area contributed by atoms with E-state index in [1.165, 1.54) is 38.9 Å². The van der Waals surface area contributed by atoms with E-state index in [1.807, 2.05) is 0 Å². The fraction of sp³-hybridized carbons (Fsp3) is 1.00. The summed E-state index contributed by atoms with van der Waals surface area (Å²) >= 11 is 0. The Morgan fingerprint density at radius 2 is 1.77 bits per heavy atom. The number of likely N-dealkylation sites (tertiary alicyclic amines) is 1. The molecule has 2 nitrogen and oxygen atoms in total. The van der Waals surface area contributed by atoms with Gasteiger partial charge in [0.05, 0.1) is 0 Å². The smallest absolute Gasteiger partial charge is 0.0258 e. The van der Waals surface area contributed by atoms with E-state index in [9.17, 15) is 0 Å². The zero-order valence-electron chi connectivity index (χ0n) is 8.92. The monoisotopic (exact) mass is 182 g/mol. The third-order valence-corrected chi connectivity index (χ3v) is 3.77. The van der Waals surface area contributed by atoms with Crippen molar-refractivity contribution in [3.8, 4) is 0 Å². The first kappa shape index (κ1) is 9.47. The lowest BCUT2D eigenvalue weighted by atomic mass is 9.96. The van der Waals surface area contributed by atoms with Crippen molar-refractivity contribution in [2.45, 2.75) is 45.2 Å². The predicted octanol–water partition coefficient (Wildman–Crippen LogP) is 1.47. The normalized spacial score (nSPS) is 38.3. The molecule has 1 N–H and O–H groups in total. The average Bonchev–Trinajstić information content (AvgIpc) is 2.53. The molecule has 0 unspecified atom stereocenters. The average molecular weight is 182 g/mol. The van der Waals surface area contributed by atoms with Crippen LogP contribution in [0, 0.1) is 5.92 Å². The molecule has 2 atom stereocenters. The maximum atomic E-state index is 3.54. The van der Waals surface area contributed by atoms with Crippen molar-refractivity contribution in [1.29, 1.82) is 0 Å². The van der Waals surface area contributed by atoms with Gasteiger partial charge in [-0.1, -0.05) is 6.92 Å². The molecule has 2 fully saturated rings. The standard InChI is InChI=1S/C11H22N2/c1-9-4-7-13(8-5-9)11-3-6-12-10(11)2/h9-12H,3-8H2,1-2H3/t10-,11-/m0/s1. The summed E-state index contributed by atoms with van der Waals surface area (Å²) in [5.74, 6) is 0.959. The van der Waals surface area contributed by atoms with Crippen LogP contribution in [0.15, 0.2) is 0 Å². The highest BCUT2D eigenvalue weighted by Gasteiger charge is 2.30. The first-order chi connectivity index (χ1) is 6.27. The lowest BCUT2D eigenvalue weighted by Gasteiger charge is -2.36. The Morgan fingerprint density at radius 3 is 2.31 bits per heavy atom. The van der Waals surface area contributed by atoms with Crippen LogP contribution < -0.4 is 5.32 Å². The van der Waals surface area contributed by atoms with E-state index in [2.05, 4.69) is 24.1 Å². The number of nitrogens with zero attached hydrogens (tertiary/aromatic N) is 1.